The molecule has 1 aliphatic rings. The van der Waals surface area contributed by atoms with Crippen LogP contribution in [0.15, 0.2) is 53.8 Å². The number of phenols is 1. The van der Waals surface area contributed by atoms with Crippen molar-refractivity contribution in [2.24, 2.45) is 0 Å². The first-order valence-corrected chi connectivity index (χ1v) is 8.17. The van der Waals surface area contributed by atoms with Gasteiger partial charge < -0.3 is 19.7 Å². The van der Waals surface area contributed by atoms with Crippen LogP contribution in [-0.2, 0) is 9.59 Å². The normalized spacial score (nSPS) is 16.6. The molecule has 0 bridgehead atoms. The fourth-order valence-electron chi connectivity index (χ4n) is 3.17. The summed E-state index contributed by atoms with van der Waals surface area (Å²) in [7, 11) is 2.90. The van der Waals surface area contributed by atoms with Crippen LogP contribution in [0.3, 0.4) is 0 Å². The lowest BCUT2D eigenvalue weighted by Crippen LogP contribution is -2.30. The fourth-order valence-corrected chi connectivity index (χ4v) is 3.17. The van der Waals surface area contributed by atoms with Gasteiger partial charge in [0.1, 0.15) is 5.75 Å². The average molecular weight is 369 g/mol. The first kappa shape index (κ1) is 18.3. The number of aliphatic hydroxyl groups excluding tert-OH is 1. The summed E-state index contributed by atoms with van der Waals surface area (Å²) >= 11 is 0. The molecule has 7 heteroatoms. The van der Waals surface area contributed by atoms with Gasteiger partial charge in [0.2, 0.25) is 0 Å². The topological polar surface area (TPSA) is 96.3 Å². The molecule has 0 saturated heterocycles. The Balaban J connectivity index is 2.20. The van der Waals surface area contributed by atoms with Gasteiger partial charge in [-0.3, -0.25) is 14.5 Å². The Hall–Kier alpha value is -3.48. The number of amides is 1. The van der Waals surface area contributed by atoms with Crippen molar-refractivity contribution >= 4 is 17.4 Å². The Morgan fingerprint density at radius 1 is 1.07 bits per heavy atom. The molecule has 2 aromatic rings. The maximum Gasteiger partial charge on any atom is 0.294 e. The summed E-state index contributed by atoms with van der Waals surface area (Å²) in [5.41, 5.74) is 0.949. The highest BCUT2D eigenvalue weighted by Crippen LogP contribution is 2.43. The first-order chi connectivity index (χ1) is 12.9. The van der Waals surface area contributed by atoms with Gasteiger partial charge in [-0.2, -0.15) is 0 Å². The lowest BCUT2D eigenvalue weighted by molar-refractivity contribution is -0.117. The molecule has 1 aliphatic heterocycles. The van der Waals surface area contributed by atoms with Crippen LogP contribution < -0.4 is 14.4 Å². The van der Waals surface area contributed by atoms with Crippen molar-refractivity contribution in [3.05, 3.63) is 59.4 Å². The van der Waals surface area contributed by atoms with E-state index in [1.807, 2.05) is 0 Å². The van der Waals surface area contributed by atoms with Crippen molar-refractivity contribution in [2.75, 3.05) is 19.1 Å². The van der Waals surface area contributed by atoms with Crippen LogP contribution in [0.5, 0.6) is 17.2 Å². The zero-order chi connectivity index (χ0) is 19.7. The predicted molar refractivity (Wildman–Crippen MR) is 98.2 cm³/mol. The van der Waals surface area contributed by atoms with Crippen LogP contribution in [0.25, 0.3) is 0 Å². The van der Waals surface area contributed by atoms with E-state index < -0.39 is 23.5 Å². The van der Waals surface area contributed by atoms with Crippen LogP contribution in [0.2, 0.25) is 0 Å². The van der Waals surface area contributed by atoms with Gasteiger partial charge in [0, 0.05) is 11.8 Å². The zero-order valence-corrected chi connectivity index (χ0v) is 15.1. The Morgan fingerprint density at radius 2 is 1.81 bits per heavy atom. The minimum atomic E-state index is -0.864. The van der Waals surface area contributed by atoms with E-state index in [4.69, 9.17) is 9.47 Å². The molecule has 140 valence electrons. The summed E-state index contributed by atoms with van der Waals surface area (Å²) in [6, 6.07) is 10.4. The molecule has 1 unspecified atom stereocenters. The summed E-state index contributed by atoms with van der Waals surface area (Å²) in [5.74, 6) is -1.06. The third kappa shape index (κ3) is 3.08. The molecule has 2 aromatic carbocycles. The largest absolute Gasteiger partial charge is 0.504 e. The number of methoxy groups -OCH3 is 2. The number of aliphatic hydroxyl groups is 1. The van der Waals surface area contributed by atoms with E-state index in [2.05, 4.69) is 0 Å². The number of rotatable bonds is 5. The van der Waals surface area contributed by atoms with Gasteiger partial charge >= 0.3 is 0 Å². The molecule has 0 radical (unpaired) electrons. The maximum absolute atomic E-state index is 12.8. The van der Waals surface area contributed by atoms with Gasteiger partial charge in [0.25, 0.3) is 5.91 Å². The molecular formula is C20H19NO6. The third-order valence-electron chi connectivity index (χ3n) is 4.44. The number of anilines is 1. The highest BCUT2D eigenvalue weighted by Gasteiger charge is 2.43. The van der Waals surface area contributed by atoms with Gasteiger partial charge in [-0.15, -0.1) is 0 Å². The predicted octanol–water partition coefficient (Wildman–Crippen LogP) is 2.90. The number of phenolic OH excluding ortho intramolecular Hbond substituents is 1. The van der Waals surface area contributed by atoms with Gasteiger partial charge in [-0.05, 0) is 36.8 Å². The number of benzene rings is 2. The van der Waals surface area contributed by atoms with E-state index in [1.165, 1.54) is 38.2 Å². The van der Waals surface area contributed by atoms with Crippen molar-refractivity contribution in [1.29, 1.82) is 0 Å². The van der Waals surface area contributed by atoms with Gasteiger partial charge in [0.15, 0.2) is 23.0 Å². The smallest absolute Gasteiger partial charge is 0.294 e. The molecule has 0 aliphatic carbocycles. The summed E-state index contributed by atoms with van der Waals surface area (Å²) in [5, 5.41) is 20.2. The summed E-state index contributed by atoms with van der Waals surface area (Å²) < 4.78 is 10.3. The molecule has 0 aromatic heterocycles. The van der Waals surface area contributed by atoms with Crippen molar-refractivity contribution in [1.82, 2.24) is 0 Å². The second-order valence-electron chi connectivity index (χ2n) is 6.03. The number of nitrogens with zero attached hydrogens (tertiary/aromatic N) is 1. The van der Waals surface area contributed by atoms with Gasteiger partial charge in [-0.1, -0.05) is 12.1 Å². The van der Waals surface area contributed by atoms with Gasteiger partial charge in [0.05, 0.1) is 25.8 Å². The molecular weight excluding hydrogens is 350 g/mol. The maximum atomic E-state index is 12.8. The highest BCUT2D eigenvalue weighted by molar-refractivity contribution is 6.16. The summed E-state index contributed by atoms with van der Waals surface area (Å²) in [6.07, 6.45) is 0. The molecule has 0 fully saturated rings. The molecule has 1 atom stereocenters. The number of hydrogen-bond acceptors (Lipinski definition) is 6. The van der Waals surface area contributed by atoms with E-state index in [-0.39, 0.29) is 17.1 Å². The molecule has 7 nitrogen and oxygen atoms in total. The fraction of sp³-hybridized carbons (Fsp3) is 0.200. The standard InChI is InChI=1S/C20H19NO6/c1-11(22)17-18(12-7-8-15(23)16(9-12)27-3)21(20(25)19(17)24)13-5-4-6-14(10-13)26-2/h4-10,18,23-24H,1-3H3. The Kier molecular flexibility index (Phi) is 4.77. The number of hydrogen-bond donors (Lipinski definition) is 2. The molecule has 1 amide bonds. The third-order valence-corrected chi connectivity index (χ3v) is 4.44. The number of carbonyl (C=O) groups is 2. The lowest BCUT2D eigenvalue weighted by Gasteiger charge is -2.27. The Labute approximate surface area is 156 Å². The number of ether oxygens (including phenoxy) is 2. The second-order valence-corrected chi connectivity index (χ2v) is 6.03. The molecule has 0 saturated carbocycles. The lowest BCUT2D eigenvalue weighted by atomic mass is 9.96. The Morgan fingerprint density at radius 3 is 2.44 bits per heavy atom. The zero-order valence-electron chi connectivity index (χ0n) is 15.1. The number of aromatic hydroxyl groups is 1. The van der Waals surface area contributed by atoms with Crippen LogP contribution in [0, 0.1) is 0 Å². The molecule has 1 heterocycles. The SMILES string of the molecule is COc1cccc(N2C(=O)C(O)=C(C(C)=O)C2c2ccc(O)c(OC)c2)c1. The highest BCUT2D eigenvalue weighted by atomic mass is 16.5. The van der Waals surface area contributed by atoms with E-state index in [0.717, 1.165) is 0 Å². The summed E-state index contributed by atoms with van der Waals surface area (Å²) in [6.45, 7) is 1.29. The minimum Gasteiger partial charge on any atom is -0.504 e. The van der Waals surface area contributed by atoms with Gasteiger partial charge in [-0.25, -0.2) is 0 Å². The van der Waals surface area contributed by atoms with Crippen molar-refractivity contribution in [3.63, 3.8) is 0 Å². The van der Waals surface area contributed by atoms with Crippen molar-refractivity contribution < 1.29 is 29.3 Å². The van der Waals surface area contributed by atoms with E-state index in [0.29, 0.717) is 17.0 Å². The first-order valence-electron chi connectivity index (χ1n) is 8.17. The van der Waals surface area contributed by atoms with Crippen LogP contribution in [0.4, 0.5) is 5.69 Å². The molecule has 27 heavy (non-hydrogen) atoms. The van der Waals surface area contributed by atoms with Crippen molar-refractivity contribution in [2.45, 2.75) is 13.0 Å². The van der Waals surface area contributed by atoms with E-state index in [1.54, 1.807) is 30.3 Å². The molecule has 0 spiro atoms. The molecule has 2 N–H and O–H groups in total. The number of carbonyl (C=O) groups excluding carboxylic acids is 2. The number of Topliss-reactive ketones (excluding diaryl/α,β-unsaturated/α-hetero) is 1. The average Bonchev–Trinajstić information content (AvgIpc) is 2.93. The van der Waals surface area contributed by atoms with Crippen LogP contribution >= 0.6 is 0 Å². The molecule has 3 rings (SSSR count). The van der Waals surface area contributed by atoms with E-state index in [9.17, 15) is 19.8 Å². The minimum absolute atomic E-state index is 0.0180. The monoisotopic (exact) mass is 369 g/mol. The van der Waals surface area contributed by atoms with Crippen molar-refractivity contribution in [3.8, 4) is 17.2 Å². The van der Waals surface area contributed by atoms with E-state index >= 15 is 0 Å². The second kappa shape index (κ2) is 7.03. The number of ketones is 1. The quantitative estimate of drug-likeness (QED) is 0.841. The summed E-state index contributed by atoms with van der Waals surface area (Å²) in [4.78, 5) is 26.3. The van der Waals surface area contributed by atoms with Crippen LogP contribution in [0.1, 0.15) is 18.5 Å². The van der Waals surface area contributed by atoms with Crippen LogP contribution in [-0.4, -0.2) is 36.1 Å². The Bertz CT molecular complexity index is 949.